The molecule has 5 heteroatoms. The van der Waals surface area contributed by atoms with Crippen LogP contribution in [0.4, 0.5) is 5.69 Å². The SMILES string of the molecule is NC(N)=NN=Cc1ccc2c(c1)CCN2. The van der Waals surface area contributed by atoms with Gasteiger partial charge in [0, 0.05) is 12.2 Å². The van der Waals surface area contributed by atoms with E-state index in [2.05, 4.69) is 21.6 Å². The highest BCUT2D eigenvalue weighted by atomic mass is 15.3. The van der Waals surface area contributed by atoms with Crippen LogP contribution in [-0.4, -0.2) is 18.7 Å². The third-order valence-electron chi connectivity index (χ3n) is 2.22. The highest BCUT2D eigenvalue weighted by Crippen LogP contribution is 2.22. The summed E-state index contributed by atoms with van der Waals surface area (Å²) in [6.45, 7) is 1.00. The van der Waals surface area contributed by atoms with Gasteiger partial charge >= 0.3 is 0 Å². The molecule has 0 unspecified atom stereocenters. The van der Waals surface area contributed by atoms with Crippen LogP contribution in [0.2, 0.25) is 0 Å². The van der Waals surface area contributed by atoms with Crippen molar-refractivity contribution in [3.8, 4) is 0 Å². The first kappa shape index (κ1) is 9.51. The Hall–Kier alpha value is -2.04. The van der Waals surface area contributed by atoms with E-state index >= 15 is 0 Å². The Bertz CT molecular complexity index is 418. The lowest BCUT2D eigenvalue weighted by Gasteiger charge is -1.99. The molecule has 2 rings (SSSR count). The van der Waals surface area contributed by atoms with Gasteiger partial charge in [0.2, 0.25) is 5.96 Å². The largest absolute Gasteiger partial charge is 0.384 e. The molecule has 15 heavy (non-hydrogen) atoms. The number of guanidine groups is 1. The lowest BCUT2D eigenvalue weighted by atomic mass is 10.1. The fourth-order valence-corrected chi connectivity index (χ4v) is 1.57. The van der Waals surface area contributed by atoms with Crippen LogP contribution in [0.25, 0.3) is 0 Å². The molecule has 1 aromatic carbocycles. The van der Waals surface area contributed by atoms with E-state index in [4.69, 9.17) is 11.5 Å². The van der Waals surface area contributed by atoms with Crippen molar-refractivity contribution in [3.05, 3.63) is 29.3 Å². The zero-order valence-corrected chi connectivity index (χ0v) is 8.27. The van der Waals surface area contributed by atoms with Gasteiger partial charge in [0.05, 0.1) is 6.21 Å². The summed E-state index contributed by atoms with van der Waals surface area (Å²) >= 11 is 0. The minimum absolute atomic E-state index is 0.0333. The van der Waals surface area contributed by atoms with Crippen molar-refractivity contribution >= 4 is 17.9 Å². The van der Waals surface area contributed by atoms with E-state index in [-0.39, 0.29) is 5.96 Å². The van der Waals surface area contributed by atoms with Gasteiger partial charge in [-0.3, -0.25) is 0 Å². The third-order valence-corrected chi connectivity index (χ3v) is 2.22. The summed E-state index contributed by atoms with van der Waals surface area (Å²) < 4.78 is 0. The highest BCUT2D eigenvalue weighted by Gasteiger charge is 2.08. The summed E-state index contributed by atoms with van der Waals surface area (Å²) in [5, 5.41) is 10.6. The quantitative estimate of drug-likeness (QED) is 0.366. The van der Waals surface area contributed by atoms with Crippen LogP contribution in [0, 0.1) is 0 Å². The van der Waals surface area contributed by atoms with E-state index in [1.54, 1.807) is 6.21 Å². The second-order valence-corrected chi connectivity index (χ2v) is 3.36. The molecule has 0 bridgehead atoms. The Labute approximate surface area is 87.9 Å². The van der Waals surface area contributed by atoms with E-state index in [0.717, 1.165) is 18.5 Å². The molecular weight excluding hydrogens is 190 g/mol. The molecule has 0 fully saturated rings. The minimum Gasteiger partial charge on any atom is -0.384 e. The number of fused-ring (bicyclic) bond motifs is 1. The van der Waals surface area contributed by atoms with Gasteiger partial charge in [-0.05, 0) is 29.7 Å². The summed E-state index contributed by atoms with van der Waals surface area (Å²) in [6.07, 6.45) is 2.69. The second kappa shape index (κ2) is 4.00. The van der Waals surface area contributed by atoms with Crippen molar-refractivity contribution in [2.24, 2.45) is 21.7 Å². The first-order chi connectivity index (χ1) is 7.25. The van der Waals surface area contributed by atoms with E-state index in [1.165, 1.54) is 11.3 Å². The Morgan fingerprint density at radius 2 is 2.27 bits per heavy atom. The maximum Gasteiger partial charge on any atom is 0.211 e. The third kappa shape index (κ3) is 2.25. The average Bonchev–Trinajstić information content (AvgIpc) is 2.64. The molecule has 0 saturated heterocycles. The van der Waals surface area contributed by atoms with Crippen LogP contribution in [0.1, 0.15) is 11.1 Å². The Balaban J connectivity index is 2.17. The fourth-order valence-electron chi connectivity index (χ4n) is 1.57. The molecule has 5 N–H and O–H groups in total. The van der Waals surface area contributed by atoms with E-state index in [9.17, 15) is 0 Å². The Morgan fingerprint density at radius 1 is 1.40 bits per heavy atom. The molecule has 5 nitrogen and oxygen atoms in total. The van der Waals surface area contributed by atoms with Crippen molar-refractivity contribution in [1.29, 1.82) is 0 Å². The predicted molar refractivity (Wildman–Crippen MR) is 62.0 cm³/mol. The number of rotatable bonds is 2. The summed E-state index contributed by atoms with van der Waals surface area (Å²) in [7, 11) is 0. The van der Waals surface area contributed by atoms with Gasteiger partial charge in [0.25, 0.3) is 0 Å². The number of nitrogens with one attached hydrogen (secondary N) is 1. The molecule has 1 aromatic rings. The zero-order valence-electron chi connectivity index (χ0n) is 8.27. The molecule has 0 spiro atoms. The van der Waals surface area contributed by atoms with Crippen LogP contribution in [0.5, 0.6) is 0 Å². The monoisotopic (exact) mass is 203 g/mol. The standard InChI is InChI=1S/C10H13N5/c11-10(12)15-14-6-7-1-2-9-8(5-7)3-4-13-9/h1-2,5-6,13H,3-4H2,(H4,11,12,15). The summed E-state index contributed by atoms with van der Waals surface area (Å²) in [5.41, 5.74) is 13.8. The molecular formula is C10H13N5. The number of hydrogen-bond acceptors (Lipinski definition) is 3. The zero-order chi connectivity index (χ0) is 10.7. The van der Waals surface area contributed by atoms with Gasteiger partial charge in [-0.1, -0.05) is 6.07 Å². The van der Waals surface area contributed by atoms with Crippen molar-refractivity contribution in [2.45, 2.75) is 6.42 Å². The van der Waals surface area contributed by atoms with Crippen LogP contribution >= 0.6 is 0 Å². The molecule has 78 valence electrons. The molecule has 0 aliphatic carbocycles. The van der Waals surface area contributed by atoms with Crippen LogP contribution in [0.3, 0.4) is 0 Å². The molecule has 0 saturated carbocycles. The first-order valence-corrected chi connectivity index (χ1v) is 4.74. The molecule has 1 aliphatic heterocycles. The second-order valence-electron chi connectivity index (χ2n) is 3.36. The lowest BCUT2D eigenvalue weighted by Crippen LogP contribution is -2.21. The molecule has 0 atom stereocenters. The summed E-state index contributed by atoms with van der Waals surface area (Å²) in [6, 6.07) is 6.10. The highest BCUT2D eigenvalue weighted by molar-refractivity contribution is 5.83. The number of nitrogens with zero attached hydrogens (tertiary/aromatic N) is 2. The topological polar surface area (TPSA) is 88.8 Å². The molecule has 1 aliphatic rings. The summed E-state index contributed by atoms with van der Waals surface area (Å²) in [5.74, 6) is -0.0333. The lowest BCUT2D eigenvalue weighted by molar-refractivity contribution is 1.11. The van der Waals surface area contributed by atoms with Gasteiger partial charge in [-0.2, -0.15) is 5.10 Å². The number of nitrogens with two attached hydrogens (primary N) is 2. The van der Waals surface area contributed by atoms with Crippen molar-refractivity contribution in [2.75, 3.05) is 11.9 Å². The van der Waals surface area contributed by atoms with Gasteiger partial charge in [-0.25, -0.2) is 0 Å². The normalized spacial score (nSPS) is 13.6. The van der Waals surface area contributed by atoms with Crippen molar-refractivity contribution in [1.82, 2.24) is 0 Å². The molecule has 0 aromatic heterocycles. The summed E-state index contributed by atoms with van der Waals surface area (Å²) in [4.78, 5) is 0. The maximum atomic E-state index is 5.15. The van der Waals surface area contributed by atoms with Crippen molar-refractivity contribution in [3.63, 3.8) is 0 Å². The van der Waals surface area contributed by atoms with E-state index in [0.29, 0.717) is 0 Å². The van der Waals surface area contributed by atoms with Crippen molar-refractivity contribution < 1.29 is 0 Å². The Kier molecular flexibility index (Phi) is 2.53. The maximum absolute atomic E-state index is 5.15. The molecule has 0 amide bonds. The Morgan fingerprint density at radius 3 is 3.07 bits per heavy atom. The minimum atomic E-state index is -0.0333. The van der Waals surface area contributed by atoms with Crippen LogP contribution in [0.15, 0.2) is 28.4 Å². The molecule has 0 radical (unpaired) electrons. The first-order valence-electron chi connectivity index (χ1n) is 4.74. The smallest absolute Gasteiger partial charge is 0.211 e. The fraction of sp³-hybridized carbons (Fsp3) is 0.200. The van der Waals surface area contributed by atoms with E-state index in [1.807, 2.05) is 12.1 Å². The predicted octanol–water partition coefficient (Wildman–Crippen LogP) is 0.262. The average molecular weight is 203 g/mol. The number of benzene rings is 1. The number of anilines is 1. The molecule has 1 heterocycles. The van der Waals surface area contributed by atoms with E-state index < -0.39 is 0 Å². The van der Waals surface area contributed by atoms with Crippen LogP contribution < -0.4 is 16.8 Å². The van der Waals surface area contributed by atoms with Gasteiger partial charge in [0.1, 0.15) is 0 Å². The van der Waals surface area contributed by atoms with Gasteiger partial charge in [-0.15, -0.1) is 5.10 Å². The van der Waals surface area contributed by atoms with Crippen LogP contribution in [-0.2, 0) is 6.42 Å². The number of hydrogen-bond donors (Lipinski definition) is 3. The van der Waals surface area contributed by atoms with Gasteiger partial charge in [0.15, 0.2) is 0 Å². The van der Waals surface area contributed by atoms with Gasteiger partial charge < -0.3 is 16.8 Å².